The predicted molar refractivity (Wildman–Crippen MR) is 81.2 cm³/mol. The predicted octanol–water partition coefficient (Wildman–Crippen LogP) is 2.57. The Kier molecular flexibility index (Phi) is 6.50. The summed E-state index contributed by atoms with van der Waals surface area (Å²) in [6.07, 6.45) is 3.66. The second kappa shape index (κ2) is 7.65. The molecule has 1 saturated heterocycles. The van der Waals surface area contributed by atoms with Crippen molar-refractivity contribution in [2.75, 3.05) is 6.54 Å². The van der Waals surface area contributed by atoms with Crippen LogP contribution in [0.1, 0.15) is 60.3 Å². The molecule has 0 spiro atoms. The van der Waals surface area contributed by atoms with E-state index in [-0.39, 0.29) is 29.8 Å². The van der Waals surface area contributed by atoms with Gasteiger partial charge < -0.3 is 10.2 Å². The maximum atomic E-state index is 12.6. The Labute approximate surface area is 123 Å². The van der Waals surface area contributed by atoms with Crippen molar-refractivity contribution < 1.29 is 9.59 Å². The van der Waals surface area contributed by atoms with E-state index in [1.165, 1.54) is 0 Å². The van der Waals surface area contributed by atoms with Crippen molar-refractivity contribution in [3.05, 3.63) is 0 Å². The number of nitrogens with zero attached hydrogens (tertiary/aromatic N) is 1. The lowest BCUT2D eigenvalue weighted by molar-refractivity contribution is -0.152. The average Bonchev–Trinajstić information content (AvgIpc) is 2.46. The number of hydrogen-bond donors (Lipinski definition) is 1. The van der Waals surface area contributed by atoms with Gasteiger partial charge in [0.2, 0.25) is 11.8 Å². The number of carbonyl (C=O) groups is 2. The van der Waals surface area contributed by atoms with Crippen molar-refractivity contribution in [1.82, 2.24) is 10.2 Å². The number of piperazine rings is 1. The smallest absolute Gasteiger partial charge is 0.245 e. The molecule has 20 heavy (non-hydrogen) atoms. The largest absolute Gasteiger partial charge is 0.343 e. The van der Waals surface area contributed by atoms with Crippen LogP contribution in [0.2, 0.25) is 0 Å². The fourth-order valence-electron chi connectivity index (χ4n) is 2.89. The lowest BCUT2D eigenvalue weighted by Gasteiger charge is -2.42. The van der Waals surface area contributed by atoms with Gasteiger partial charge in [-0.05, 0) is 18.3 Å². The van der Waals surface area contributed by atoms with E-state index in [9.17, 15) is 9.59 Å². The van der Waals surface area contributed by atoms with Gasteiger partial charge in [-0.3, -0.25) is 9.59 Å². The van der Waals surface area contributed by atoms with E-state index in [0.717, 1.165) is 19.3 Å². The third-order valence-corrected chi connectivity index (χ3v) is 4.70. The first-order valence-corrected chi connectivity index (χ1v) is 8.10. The van der Waals surface area contributed by atoms with Gasteiger partial charge in [-0.1, -0.05) is 53.9 Å². The molecule has 4 heteroatoms. The van der Waals surface area contributed by atoms with E-state index in [1.807, 2.05) is 11.8 Å². The van der Waals surface area contributed by atoms with Crippen LogP contribution in [0, 0.1) is 11.8 Å². The fraction of sp³-hybridized carbons (Fsp3) is 0.875. The van der Waals surface area contributed by atoms with Crippen molar-refractivity contribution in [2.45, 2.75) is 72.4 Å². The van der Waals surface area contributed by atoms with Crippen molar-refractivity contribution in [3.63, 3.8) is 0 Å². The number of rotatable bonds is 7. The molecule has 3 atom stereocenters. The first kappa shape index (κ1) is 17.0. The Balaban J connectivity index is 2.99. The fourth-order valence-corrected chi connectivity index (χ4v) is 2.89. The van der Waals surface area contributed by atoms with Crippen LogP contribution in [-0.2, 0) is 9.59 Å². The minimum atomic E-state index is -0.336. The maximum absolute atomic E-state index is 12.6. The quantitative estimate of drug-likeness (QED) is 0.780. The summed E-state index contributed by atoms with van der Waals surface area (Å²) in [6.45, 7) is 11.1. The molecule has 0 radical (unpaired) electrons. The molecule has 1 heterocycles. The zero-order valence-electron chi connectivity index (χ0n) is 13.6. The summed E-state index contributed by atoms with van der Waals surface area (Å²) in [6, 6.07) is -0.631. The molecule has 0 bridgehead atoms. The van der Waals surface area contributed by atoms with Gasteiger partial charge in [0, 0.05) is 6.54 Å². The van der Waals surface area contributed by atoms with Gasteiger partial charge in [0.25, 0.3) is 0 Å². The normalized spacial score (nSPS) is 25.0. The highest BCUT2D eigenvalue weighted by Crippen LogP contribution is 2.23. The van der Waals surface area contributed by atoms with E-state index in [2.05, 4.69) is 33.0 Å². The standard InChI is InChI=1S/C16H30N2O2/c1-6-11(5)14-15(19)17-13(9-4)16(20)18(14)10-12(7-2)8-3/h11-14H,6-10H2,1-5H3,(H,17,19). The van der Waals surface area contributed by atoms with Crippen LogP contribution in [0.15, 0.2) is 0 Å². The highest BCUT2D eigenvalue weighted by atomic mass is 16.2. The molecule has 2 amide bonds. The monoisotopic (exact) mass is 282 g/mol. The Hall–Kier alpha value is -1.06. The molecule has 3 unspecified atom stereocenters. The Morgan fingerprint density at radius 3 is 2.15 bits per heavy atom. The van der Waals surface area contributed by atoms with Crippen molar-refractivity contribution in [1.29, 1.82) is 0 Å². The first-order chi connectivity index (χ1) is 9.49. The maximum Gasteiger partial charge on any atom is 0.245 e. The topological polar surface area (TPSA) is 49.4 Å². The van der Waals surface area contributed by atoms with Gasteiger partial charge >= 0.3 is 0 Å². The van der Waals surface area contributed by atoms with Gasteiger partial charge in [-0.2, -0.15) is 0 Å². The van der Waals surface area contributed by atoms with Gasteiger partial charge in [0.15, 0.2) is 0 Å². The lowest BCUT2D eigenvalue weighted by Crippen LogP contribution is -2.65. The second-order valence-corrected chi connectivity index (χ2v) is 5.97. The number of amides is 2. The van der Waals surface area contributed by atoms with Crippen molar-refractivity contribution >= 4 is 11.8 Å². The molecule has 1 aliphatic rings. The zero-order valence-corrected chi connectivity index (χ0v) is 13.6. The summed E-state index contributed by atoms with van der Waals surface area (Å²) in [5.41, 5.74) is 0. The number of carbonyl (C=O) groups excluding carboxylic acids is 2. The second-order valence-electron chi connectivity index (χ2n) is 5.97. The molecule has 0 aromatic heterocycles. The molecular weight excluding hydrogens is 252 g/mol. The van der Waals surface area contributed by atoms with E-state index in [1.54, 1.807) is 0 Å². The SMILES string of the molecule is CCC(CC)CN1C(=O)C(CC)NC(=O)C1C(C)CC. The van der Waals surface area contributed by atoms with Crippen LogP contribution in [0.5, 0.6) is 0 Å². The highest BCUT2D eigenvalue weighted by Gasteiger charge is 2.42. The molecule has 4 nitrogen and oxygen atoms in total. The van der Waals surface area contributed by atoms with Crippen LogP contribution in [0.4, 0.5) is 0 Å². The summed E-state index contributed by atoms with van der Waals surface area (Å²) < 4.78 is 0. The average molecular weight is 282 g/mol. The lowest BCUT2D eigenvalue weighted by atomic mass is 9.91. The first-order valence-electron chi connectivity index (χ1n) is 8.10. The summed E-state index contributed by atoms with van der Waals surface area (Å²) in [5, 5.41) is 2.89. The van der Waals surface area contributed by atoms with E-state index < -0.39 is 0 Å². The number of hydrogen-bond acceptors (Lipinski definition) is 2. The van der Waals surface area contributed by atoms with Gasteiger partial charge in [0.05, 0.1) is 0 Å². The van der Waals surface area contributed by atoms with Crippen LogP contribution >= 0.6 is 0 Å². The third kappa shape index (κ3) is 3.53. The minimum Gasteiger partial charge on any atom is -0.343 e. The molecule has 0 aromatic carbocycles. The molecule has 0 aromatic rings. The van der Waals surface area contributed by atoms with Gasteiger partial charge in [-0.25, -0.2) is 0 Å². The molecule has 1 N–H and O–H groups in total. The zero-order chi connectivity index (χ0) is 15.3. The summed E-state index contributed by atoms with van der Waals surface area (Å²) in [5.74, 6) is 0.807. The van der Waals surface area contributed by atoms with Crippen LogP contribution in [0.25, 0.3) is 0 Å². The summed E-state index contributed by atoms with van der Waals surface area (Å²) >= 11 is 0. The Bertz CT molecular complexity index is 339. The molecule has 1 aliphatic heterocycles. The van der Waals surface area contributed by atoms with Crippen LogP contribution in [-0.4, -0.2) is 35.3 Å². The summed E-state index contributed by atoms with van der Waals surface area (Å²) in [4.78, 5) is 26.8. The minimum absolute atomic E-state index is 0.0248. The molecular formula is C16H30N2O2. The molecule has 1 fully saturated rings. The molecule has 1 rings (SSSR count). The van der Waals surface area contributed by atoms with Crippen LogP contribution < -0.4 is 5.32 Å². The Morgan fingerprint density at radius 1 is 1.10 bits per heavy atom. The van der Waals surface area contributed by atoms with E-state index in [4.69, 9.17) is 0 Å². The number of nitrogens with one attached hydrogen (secondary N) is 1. The van der Waals surface area contributed by atoms with Crippen molar-refractivity contribution in [2.24, 2.45) is 11.8 Å². The molecule has 0 saturated carbocycles. The summed E-state index contributed by atoms with van der Waals surface area (Å²) in [7, 11) is 0. The molecule has 0 aliphatic carbocycles. The highest BCUT2D eigenvalue weighted by molar-refractivity contribution is 5.97. The van der Waals surface area contributed by atoms with E-state index in [0.29, 0.717) is 18.9 Å². The third-order valence-electron chi connectivity index (χ3n) is 4.70. The Morgan fingerprint density at radius 2 is 1.70 bits per heavy atom. The van der Waals surface area contributed by atoms with Crippen molar-refractivity contribution in [3.8, 4) is 0 Å². The van der Waals surface area contributed by atoms with Crippen LogP contribution in [0.3, 0.4) is 0 Å². The van der Waals surface area contributed by atoms with Gasteiger partial charge in [-0.15, -0.1) is 0 Å². The van der Waals surface area contributed by atoms with Gasteiger partial charge in [0.1, 0.15) is 12.1 Å². The van der Waals surface area contributed by atoms with E-state index >= 15 is 0 Å². The molecule has 116 valence electrons.